The summed E-state index contributed by atoms with van der Waals surface area (Å²) in [5.41, 5.74) is 0.366. The lowest BCUT2D eigenvalue weighted by atomic mass is 9.92. The van der Waals surface area contributed by atoms with E-state index in [2.05, 4.69) is 6.92 Å². The molecular formula is C12H14Cl2OS. The van der Waals surface area contributed by atoms with Crippen molar-refractivity contribution in [2.45, 2.75) is 30.6 Å². The molecule has 4 heteroatoms. The highest BCUT2D eigenvalue weighted by Crippen LogP contribution is 2.37. The summed E-state index contributed by atoms with van der Waals surface area (Å²) in [5.74, 6) is 0.785. The van der Waals surface area contributed by atoms with Gasteiger partial charge >= 0.3 is 0 Å². The lowest BCUT2D eigenvalue weighted by Gasteiger charge is -2.22. The summed E-state index contributed by atoms with van der Waals surface area (Å²) in [4.78, 5) is 0. The maximum absolute atomic E-state index is 10.4. The van der Waals surface area contributed by atoms with Crippen LogP contribution in [-0.2, 0) is 6.42 Å². The number of benzene rings is 1. The normalized spacial score (nSPS) is 29.6. The van der Waals surface area contributed by atoms with E-state index in [0.29, 0.717) is 21.7 Å². The fourth-order valence-electron chi connectivity index (χ4n) is 2.09. The van der Waals surface area contributed by atoms with Gasteiger partial charge < -0.3 is 5.11 Å². The maximum atomic E-state index is 10.4. The van der Waals surface area contributed by atoms with Gasteiger partial charge in [-0.2, -0.15) is 11.8 Å². The average Bonchev–Trinajstić information content (AvgIpc) is 2.52. The Kier molecular flexibility index (Phi) is 3.75. The van der Waals surface area contributed by atoms with Crippen LogP contribution in [0.3, 0.4) is 0 Å². The third-order valence-electron chi connectivity index (χ3n) is 2.84. The summed E-state index contributed by atoms with van der Waals surface area (Å²) in [6.45, 7) is 2.14. The molecule has 0 aliphatic carbocycles. The molecule has 0 spiro atoms. The van der Waals surface area contributed by atoms with Crippen LogP contribution in [0.5, 0.6) is 0 Å². The van der Waals surface area contributed by atoms with Crippen LogP contribution in [0.4, 0.5) is 0 Å². The molecule has 0 bridgehead atoms. The van der Waals surface area contributed by atoms with Gasteiger partial charge in [0.2, 0.25) is 0 Å². The monoisotopic (exact) mass is 276 g/mol. The van der Waals surface area contributed by atoms with Crippen LogP contribution in [0.2, 0.25) is 10.0 Å². The average molecular weight is 277 g/mol. The number of thioether (sulfide) groups is 1. The quantitative estimate of drug-likeness (QED) is 0.887. The first kappa shape index (κ1) is 12.6. The minimum absolute atomic E-state index is 0.524. The molecule has 1 aromatic carbocycles. The third-order valence-corrected chi connectivity index (χ3v) is 4.87. The first-order valence-corrected chi connectivity index (χ1v) is 7.07. The molecule has 88 valence electrons. The molecule has 1 aliphatic rings. The predicted molar refractivity (Wildman–Crippen MR) is 71.7 cm³/mol. The van der Waals surface area contributed by atoms with Crippen molar-refractivity contribution in [3.05, 3.63) is 33.8 Å². The van der Waals surface area contributed by atoms with Crippen molar-refractivity contribution in [3.63, 3.8) is 0 Å². The van der Waals surface area contributed by atoms with Crippen LogP contribution >= 0.6 is 35.0 Å². The van der Waals surface area contributed by atoms with Gasteiger partial charge in [0, 0.05) is 27.5 Å². The standard InChI is InChI=1S/C12H14Cl2OS/c1-8-5-12(15,7-16-8)6-9-2-3-10(13)4-11(9)14/h2-4,8,15H,5-7H2,1H3. The summed E-state index contributed by atoms with van der Waals surface area (Å²) >= 11 is 13.8. The highest BCUT2D eigenvalue weighted by molar-refractivity contribution is 8.00. The van der Waals surface area contributed by atoms with Crippen molar-refractivity contribution in [3.8, 4) is 0 Å². The summed E-state index contributed by atoms with van der Waals surface area (Å²) in [6, 6.07) is 5.45. The van der Waals surface area contributed by atoms with Crippen molar-refractivity contribution < 1.29 is 5.11 Å². The number of halogens is 2. The van der Waals surface area contributed by atoms with Gasteiger partial charge in [0.05, 0.1) is 5.60 Å². The summed E-state index contributed by atoms with van der Waals surface area (Å²) in [6.07, 6.45) is 1.44. The minimum atomic E-state index is -0.610. The fourth-order valence-corrected chi connectivity index (χ4v) is 3.81. The lowest BCUT2D eigenvalue weighted by molar-refractivity contribution is 0.0643. The molecule has 0 radical (unpaired) electrons. The SMILES string of the molecule is CC1CC(O)(Cc2ccc(Cl)cc2Cl)CS1. The van der Waals surface area contributed by atoms with Crippen molar-refractivity contribution >= 4 is 35.0 Å². The molecular weight excluding hydrogens is 263 g/mol. The van der Waals surface area contributed by atoms with Gasteiger partial charge in [-0.25, -0.2) is 0 Å². The van der Waals surface area contributed by atoms with E-state index in [4.69, 9.17) is 23.2 Å². The fraction of sp³-hybridized carbons (Fsp3) is 0.500. The molecule has 1 saturated heterocycles. The van der Waals surface area contributed by atoms with Crippen LogP contribution in [0.15, 0.2) is 18.2 Å². The Morgan fingerprint density at radius 2 is 2.25 bits per heavy atom. The van der Waals surface area contributed by atoms with Crippen LogP contribution in [0, 0.1) is 0 Å². The molecule has 1 heterocycles. The van der Waals surface area contributed by atoms with Gasteiger partial charge in [0.25, 0.3) is 0 Å². The van der Waals surface area contributed by atoms with E-state index in [0.717, 1.165) is 17.7 Å². The Hall–Kier alpha value is 0.110. The van der Waals surface area contributed by atoms with Crippen LogP contribution in [0.25, 0.3) is 0 Å². The van der Waals surface area contributed by atoms with E-state index in [1.165, 1.54) is 0 Å². The molecule has 2 rings (SSSR count). The lowest BCUT2D eigenvalue weighted by Crippen LogP contribution is -2.31. The zero-order valence-electron chi connectivity index (χ0n) is 9.04. The van der Waals surface area contributed by atoms with Crippen molar-refractivity contribution in [2.24, 2.45) is 0 Å². The van der Waals surface area contributed by atoms with Gasteiger partial charge in [-0.1, -0.05) is 36.2 Å². The summed E-state index contributed by atoms with van der Waals surface area (Å²) < 4.78 is 0. The molecule has 1 fully saturated rings. The molecule has 0 amide bonds. The molecule has 1 aromatic rings. The maximum Gasteiger partial charge on any atom is 0.0788 e. The Morgan fingerprint density at radius 3 is 2.81 bits per heavy atom. The largest absolute Gasteiger partial charge is 0.389 e. The van der Waals surface area contributed by atoms with E-state index < -0.39 is 5.60 Å². The highest BCUT2D eigenvalue weighted by atomic mass is 35.5. The van der Waals surface area contributed by atoms with Crippen molar-refractivity contribution in [1.82, 2.24) is 0 Å². The van der Waals surface area contributed by atoms with E-state index in [1.807, 2.05) is 23.9 Å². The Morgan fingerprint density at radius 1 is 1.50 bits per heavy atom. The highest BCUT2D eigenvalue weighted by Gasteiger charge is 2.36. The van der Waals surface area contributed by atoms with Crippen LogP contribution in [0.1, 0.15) is 18.9 Å². The number of hydrogen-bond acceptors (Lipinski definition) is 2. The third kappa shape index (κ3) is 2.86. The second-order valence-corrected chi connectivity index (χ2v) is 6.73. The molecule has 0 saturated carbocycles. The van der Waals surface area contributed by atoms with E-state index in [9.17, 15) is 5.11 Å². The number of aliphatic hydroxyl groups is 1. The van der Waals surface area contributed by atoms with Crippen LogP contribution < -0.4 is 0 Å². The van der Waals surface area contributed by atoms with E-state index >= 15 is 0 Å². The number of hydrogen-bond donors (Lipinski definition) is 1. The zero-order valence-corrected chi connectivity index (χ0v) is 11.4. The molecule has 16 heavy (non-hydrogen) atoms. The smallest absolute Gasteiger partial charge is 0.0788 e. The summed E-state index contributed by atoms with van der Waals surface area (Å²) in [7, 11) is 0. The predicted octanol–water partition coefficient (Wildman–Crippen LogP) is 3.79. The molecule has 2 unspecified atom stereocenters. The van der Waals surface area contributed by atoms with E-state index in [-0.39, 0.29) is 0 Å². The molecule has 1 aliphatic heterocycles. The molecule has 1 N–H and O–H groups in total. The Balaban J connectivity index is 2.14. The minimum Gasteiger partial charge on any atom is -0.389 e. The van der Waals surface area contributed by atoms with Crippen molar-refractivity contribution in [2.75, 3.05) is 5.75 Å². The van der Waals surface area contributed by atoms with Crippen LogP contribution in [-0.4, -0.2) is 21.7 Å². The second kappa shape index (κ2) is 4.77. The Bertz CT molecular complexity index is 397. The Labute approximate surface area is 110 Å². The zero-order chi connectivity index (χ0) is 11.8. The van der Waals surface area contributed by atoms with Gasteiger partial charge in [-0.3, -0.25) is 0 Å². The van der Waals surface area contributed by atoms with Gasteiger partial charge in [-0.15, -0.1) is 0 Å². The van der Waals surface area contributed by atoms with Crippen molar-refractivity contribution in [1.29, 1.82) is 0 Å². The number of rotatable bonds is 2. The first-order chi connectivity index (χ1) is 7.48. The molecule has 2 atom stereocenters. The summed E-state index contributed by atoms with van der Waals surface area (Å²) in [5, 5.41) is 12.2. The van der Waals surface area contributed by atoms with Gasteiger partial charge in [0.15, 0.2) is 0 Å². The van der Waals surface area contributed by atoms with Gasteiger partial charge in [-0.05, 0) is 24.1 Å². The first-order valence-electron chi connectivity index (χ1n) is 5.26. The topological polar surface area (TPSA) is 20.2 Å². The molecule has 1 nitrogen and oxygen atoms in total. The van der Waals surface area contributed by atoms with Gasteiger partial charge in [0.1, 0.15) is 0 Å². The molecule has 0 aromatic heterocycles. The second-order valence-electron chi connectivity index (χ2n) is 4.46. The van der Waals surface area contributed by atoms with E-state index in [1.54, 1.807) is 6.07 Å².